The fourth-order valence-corrected chi connectivity index (χ4v) is 2.94. The van der Waals surface area contributed by atoms with Crippen LogP contribution in [0.15, 0.2) is 30.3 Å². The number of rotatable bonds is 8. The molecule has 0 aliphatic rings. The van der Waals surface area contributed by atoms with Gasteiger partial charge in [0.05, 0.1) is 14.2 Å². The van der Waals surface area contributed by atoms with Gasteiger partial charge in [-0.15, -0.1) is 0 Å². The van der Waals surface area contributed by atoms with E-state index in [1.807, 2.05) is 32.9 Å². The molecule has 0 heterocycles. The van der Waals surface area contributed by atoms with Crippen molar-refractivity contribution in [3.05, 3.63) is 52.6 Å². The molecule has 0 fully saturated rings. The lowest BCUT2D eigenvalue weighted by Gasteiger charge is -2.13. The van der Waals surface area contributed by atoms with Crippen LogP contribution in [0.2, 0.25) is 0 Å². The Balaban J connectivity index is 1.85. The number of hydrogen-bond donors (Lipinski definition) is 2. The first kappa shape index (κ1) is 22.7. The summed E-state index contributed by atoms with van der Waals surface area (Å²) in [6, 6.07) is 8.57. The van der Waals surface area contributed by atoms with E-state index >= 15 is 0 Å². The van der Waals surface area contributed by atoms with Gasteiger partial charge in [0.1, 0.15) is 18.0 Å². The fraction of sp³-hybridized carbons (Fsp3) is 0.318. The molecular weight excluding hydrogens is 388 g/mol. The molecule has 0 aliphatic carbocycles. The average Bonchev–Trinajstić information content (AvgIpc) is 2.72. The van der Waals surface area contributed by atoms with Gasteiger partial charge in [-0.1, -0.05) is 17.7 Å². The number of aryl methyl sites for hydroxylation is 3. The zero-order chi connectivity index (χ0) is 22.3. The topological polar surface area (TPSA) is 103 Å². The Bertz CT molecular complexity index is 909. The number of esters is 1. The van der Waals surface area contributed by atoms with E-state index in [9.17, 15) is 14.4 Å². The van der Waals surface area contributed by atoms with Crippen LogP contribution in [0.4, 0.5) is 5.69 Å². The number of carbonyl (C=O) groups is 3. The predicted octanol–water partition coefficient (Wildman–Crippen LogP) is 2.54. The summed E-state index contributed by atoms with van der Waals surface area (Å²) >= 11 is 0. The molecule has 8 nitrogen and oxygen atoms in total. The molecule has 0 bridgehead atoms. The maximum absolute atomic E-state index is 12.3. The van der Waals surface area contributed by atoms with E-state index in [4.69, 9.17) is 14.2 Å². The normalized spacial score (nSPS) is 10.2. The highest BCUT2D eigenvalue weighted by molar-refractivity contribution is 5.97. The first-order valence-corrected chi connectivity index (χ1v) is 9.28. The van der Waals surface area contributed by atoms with Crippen molar-refractivity contribution < 1.29 is 28.6 Å². The van der Waals surface area contributed by atoms with Gasteiger partial charge in [-0.2, -0.15) is 0 Å². The predicted molar refractivity (Wildman–Crippen MR) is 112 cm³/mol. The van der Waals surface area contributed by atoms with Gasteiger partial charge in [0.2, 0.25) is 0 Å². The first-order valence-electron chi connectivity index (χ1n) is 9.28. The van der Waals surface area contributed by atoms with Crippen LogP contribution < -0.4 is 20.1 Å². The Morgan fingerprint density at radius 3 is 1.97 bits per heavy atom. The molecule has 2 aromatic carbocycles. The summed E-state index contributed by atoms with van der Waals surface area (Å²) in [5.74, 6) is -0.798. The molecule has 2 N–H and O–H groups in total. The number of hydrogen-bond acceptors (Lipinski definition) is 6. The van der Waals surface area contributed by atoms with Crippen LogP contribution in [0, 0.1) is 20.8 Å². The van der Waals surface area contributed by atoms with Crippen LogP contribution >= 0.6 is 0 Å². The molecule has 0 unspecified atom stereocenters. The van der Waals surface area contributed by atoms with Crippen molar-refractivity contribution in [3.8, 4) is 11.5 Å². The number of anilines is 1. The van der Waals surface area contributed by atoms with E-state index in [1.165, 1.54) is 26.4 Å². The lowest BCUT2D eigenvalue weighted by molar-refractivity contribution is -0.146. The maximum atomic E-state index is 12.3. The molecule has 0 aliphatic heterocycles. The van der Waals surface area contributed by atoms with Crippen LogP contribution in [0.3, 0.4) is 0 Å². The van der Waals surface area contributed by atoms with Crippen LogP contribution in [0.1, 0.15) is 27.0 Å². The Hall–Kier alpha value is -3.55. The lowest BCUT2D eigenvalue weighted by atomic mass is 10.1. The molecule has 0 saturated carbocycles. The molecular formula is C22H26N2O6. The van der Waals surface area contributed by atoms with E-state index in [2.05, 4.69) is 10.6 Å². The summed E-state index contributed by atoms with van der Waals surface area (Å²) < 4.78 is 15.2. The molecule has 0 atom stereocenters. The quantitative estimate of drug-likeness (QED) is 0.644. The third-order valence-electron chi connectivity index (χ3n) is 4.31. The van der Waals surface area contributed by atoms with Crippen molar-refractivity contribution in [3.63, 3.8) is 0 Å². The zero-order valence-corrected chi connectivity index (χ0v) is 17.8. The van der Waals surface area contributed by atoms with Crippen molar-refractivity contribution in [1.29, 1.82) is 0 Å². The number of amides is 2. The van der Waals surface area contributed by atoms with Gasteiger partial charge in [-0.25, -0.2) is 0 Å². The van der Waals surface area contributed by atoms with Crippen LogP contribution in [0.25, 0.3) is 0 Å². The molecule has 0 aromatic heterocycles. The minimum atomic E-state index is -0.731. The Morgan fingerprint density at radius 1 is 0.867 bits per heavy atom. The van der Waals surface area contributed by atoms with Gasteiger partial charge in [0.15, 0.2) is 6.61 Å². The second-order valence-corrected chi connectivity index (χ2v) is 6.77. The second-order valence-electron chi connectivity index (χ2n) is 6.77. The Morgan fingerprint density at radius 2 is 1.43 bits per heavy atom. The van der Waals surface area contributed by atoms with Crippen LogP contribution in [0.5, 0.6) is 11.5 Å². The lowest BCUT2D eigenvalue weighted by Crippen LogP contribution is -2.32. The standard InChI is InChI=1S/C22H26N2O6/c1-13-6-14(2)21(15(3)7-13)24-19(25)12-30-20(26)11-23-22(27)16-8-17(28-4)10-18(9-16)29-5/h6-10H,11-12H2,1-5H3,(H,23,27)(H,24,25). The smallest absolute Gasteiger partial charge is 0.325 e. The van der Waals surface area contributed by atoms with Crippen molar-refractivity contribution >= 4 is 23.5 Å². The minimum absolute atomic E-state index is 0.266. The summed E-state index contributed by atoms with van der Waals surface area (Å²) in [4.78, 5) is 36.3. The third-order valence-corrected chi connectivity index (χ3v) is 4.31. The number of carbonyl (C=O) groups excluding carboxylic acids is 3. The van der Waals surface area contributed by atoms with Gasteiger partial charge in [-0.3, -0.25) is 14.4 Å². The minimum Gasteiger partial charge on any atom is -0.497 e. The number of methoxy groups -OCH3 is 2. The molecule has 0 radical (unpaired) electrons. The highest BCUT2D eigenvalue weighted by atomic mass is 16.5. The van der Waals surface area contributed by atoms with E-state index in [0.29, 0.717) is 17.2 Å². The molecule has 2 aromatic rings. The van der Waals surface area contributed by atoms with Crippen LogP contribution in [-0.2, 0) is 14.3 Å². The fourth-order valence-electron chi connectivity index (χ4n) is 2.94. The number of benzene rings is 2. The van der Waals surface area contributed by atoms with Crippen molar-refractivity contribution in [2.24, 2.45) is 0 Å². The van der Waals surface area contributed by atoms with Crippen molar-refractivity contribution in [2.75, 3.05) is 32.7 Å². The zero-order valence-electron chi connectivity index (χ0n) is 17.8. The molecule has 2 rings (SSSR count). The maximum Gasteiger partial charge on any atom is 0.325 e. The van der Waals surface area contributed by atoms with Crippen molar-refractivity contribution in [1.82, 2.24) is 5.32 Å². The summed E-state index contributed by atoms with van der Waals surface area (Å²) in [6.45, 7) is 4.93. The summed E-state index contributed by atoms with van der Waals surface area (Å²) in [7, 11) is 2.94. The molecule has 0 spiro atoms. The molecule has 8 heteroatoms. The third kappa shape index (κ3) is 6.23. The van der Waals surface area contributed by atoms with E-state index in [0.717, 1.165) is 16.7 Å². The molecule has 30 heavy (non-hydrogen) atoms. The van der Waals surface area contributed by atoms with Crippen molar-refractivity contribution in [2.45, 2.75) is 20.8 Å². The summed E-state index contributed by atoms with van der Waals surface area (Å²) in [5.41, 5.74) is 3.91. The second kappa shape index (κ2) is 10.3. The molecule has 2 amide bonds. The molecule has 0 saturated heterocycles. The van der Waals surface area contributed by atoms with Gasteiger partial charge < -0.3 is 24.8 Å². The van der Waals surface area contributed by atoms with E-state index in [-0.39, 0.29) is 12.1 Å². The highest BCUT2D eigenvalue weighted by Crippen LogP contribution is 2.23. The average molecular weight is 414 g/mol. The monoisotopic (exact) mass is 414 g/mol. The summed E-state index contributed by atoms with van der Waals surface area (Å²) in [5, 5.41) is 5.19. The van der Waals surface area contributed by atoms with Gasteiger partial charge in [0, 0.05) is 17.3 Å². The number of ether oxygens (including phenoxy) is 3. The molecule has 160 valence electrons. The largest absolute Gasteiger partial charge is 0.497 e. The van der Waals surface area contributed by atoms with Gasteiger partial charge in [-0.05, 0) is 44.0 Å². The summed E-state index contributed by atoms with van der Waals surface area (Å²) in [6.07, 6.45) is 0. The number of nitrogens with one attached hydrogen (secondary N) is 2. The highest BCUT2D eigenvalue weighted by Gasteiger charge is 2.14. The van der Waals surface area contributed by atoms with E-state index in [1.54, 1.807) is 6.07 Å². The van der Waals surface area contributed by atoms with Crippen LogP contribution in [-0.4, -0.2) is 45.2 Å². The van der Waals surface area contributed by atoms with E-state index < -0.39 is 24.4 Å². The SMILES string of the molecule is COc1cc(OC)cc(C(=O)NCC(=O)OCC(=O)Nc2c(C)cc(C)cc2C)c1. The Kier molecular flexibility index (Phi) is 7.80. The van der Waals surface area contributed by atoms with Gasteiger partial charge >= 0.3 is 5.97 Å². The Labute approximate surface area is 175 Å². The van der Waals surface area contributed by atoms with Gasteiger partial charge in [0.25, 0.3) is 11.8 Å². The first-order chi connectivity index (χ1) is 14.2.